The van der Waals surface area contributed by atoms with Gasteiger partial charge in [0, 0.05) is 26.2 Å². The third-order valence-electron chi connectivity index (χ3n) is 5.65. The van der Waals surface area contributed by atoms with Crippen molar-refractivity contribution in [2.24, 2.45) is 0 Å². The van der Waals surface area contributed by atoms with Gasteiger partial charge in [-0.2, -0.15) is 0 Å². The Morgan fingerprint density at radius 3 is 2.37 bits per heavy atom. The lowest BCUT2D eigenvalue weighted by Gasteiger charge is -2.36. The maximum absolute atomic E-state index is 13.0. The van der Waals surface area contributed by atoms with Gasteiger partial charge < -0.3 is 14.5 Å². The van der Waals surface area contributed by atoms with E-state index in [-0.39, 0.29) is 17.7 Å². The van der Waals surface area contributed by atoms with E-state index in [1.165, 1.54) is 11.1 Å². The number of carbonyl (C=O) groups is 2. The van der Waals surface area contributed by atoms with Crippen molar-refractivity contribution in [1.82, 2.24) is 9.80 Å². The van der Waals surface area contributed by atoms with Crippen LogP contribution in [-0.2, 0) is 11.2 Å². The number of aryl methyl sites for hydroxylation is 1. The molecule has 0 N–H and O–H groups in total. The molecule has 1 saturated heterocycles. The highest BCUT2D eigenvalue weighted by molar-refractivity contribution is 5.97. The normalized spacial score (nSPS) is 18.9. The third kappa shape index (κ3) is 3.29. The van der Waals surface area contributed by atoms with Crippen LogP contribution in [0.15, 0.2) is 48.5 Å². The quantitative estimate of drug-likeness (QED) is 0.841. The molecular formula is C22H24N2O3. The van der Waals surface area contributed by atoms with Gasteiger partial charge in [0.1, 0.15) is 5.75 Å². The third-order valence-corrected chi connectivity index (χ3v) is 5.65. The van der Waals surface area contributed by atoms with E-state index in [0.717, 1.165) is 12.8 Å². The minimum Gasteiger partial charge on any atom is -0.496 e. The number of rotatable bonds is 3. The smallest absolute Gasteiger partial charge is 0.257 e. The average Bonchev–Trinajstić information content (AvgIpc) is 3.17. The number of piperazine rings is 1. The van der Waals surface area contributed by atoms with Crippen molar-refractivity contribution in [3.8, 4) is 5.75 Å². The Hall–Kier alpha value is -2.82. The minimum absolute atomic E-state index is 0.0299. The van der Waals surface area contributed by atoms with E-state index in [4.69, 9.17) is 4.74 Å². The monoisotopic (exact) mass is 364 g/mol. The van der Waals surface area contributed by atoms with E-state index < -0.39 is 0 Å². The van der Waals surface area contributed by atoms with Gasteiger partial charge in [-0.05, 0) is 36.1 Å². The van der Waals surface area contributed by atoms with Crippen molar-refractivity contribution in [2.45, 2.75) is 18.8 Å². The van der Waals surface area contributed by atoms with Gasteiger partial charge in [-0.3, -0.25) is 9.59 Å². The second-order valence-electron chi connectivity index (χ2n) is 7.11. The van der Waals surface area contributed by atoms with Crippen LogP contribution in [0.3, 0.4) is 0 Å². The summed E-state index contributed by atoms with van der Waals surface area (Å²) in [5, 5.41) is 0. The zero-order chi connectivity index (χ0) is 18.8. The number of benzene rings is 2. The zero-order valence-corrected chi connectivity index (χ0v) is 15.6. The number of carbonyl (C=O) groups excluding carboxylic acids is 2. The number of ether oxygens (including phenoxy) is 1. The Bertz CT molecular complexity index is 856. The summed E-state index contributed by atoms with van der Waals surface area (Å²) in [4.78, 5) is 29.6. The standard InChI is InChI=1S/C22H24N2O3/c1-27-20-9-5-4-8-19(20)22(26)24-14-12-23(13-15-24)21(25)18-11-10-16-6-2-3-7-17(16)18/h2-9,18H,10-15H2,1H3/t18-/m0/s1. The number of amides is 2. The topological polar surface area (TPSA) is 49.9 Å². The van der Waals surface area contributed by atoms with Gasteiger partial charge in [0.2, 0.25) is 5.91 Å². The highest BCUT2D eigenvalue weighted by Gasteiger charge is 2.33. The summed E-state index contributed by atoms with van der Waals surface area (Å²) in [6.07, 6.45) is 1.86. The minimum atomic E-state index is -0.0363. The summed E-state index contributed by atoms with van der Waals surface area (Å²) in [6, 6.07) is 15.5. The molecule has 5 heteroatoms. The Morgan fingerprint density at radius 1 is 0.926 bits per heavy atom. The maximum atomic E-state index is 13.0. The Kier molecular flexibility index (Phi) is 4.84. The number of para-hydroxylation sites is 1. The molecule has 0 radical (unpaired) electrons. The fourth-order valence-corrected chi connectivity index (χ4v) is 4.16. The SMILES string of the molecule is COc1ccccc1C(=O)N1CCN(C(=O)[C@H]2CCc3ccccc32)CC1. The molecule has 1 atom stereocenters. The molecule has 1 aliphatic heterocycles. The summed E-state index contributed by atoms with van der Waals surface area (Å²) in [7, 11) is 1.57. The van der Waals surface area contributed by atoms with Gasteiger partial charge in [-0.1, -0.05) is 36.4 Å². The molecule has 1 heterocycles. The molecule has 0 bridgehead atoms. The second-order valence-corrected chi connectivity index (χ2v) is 7.11. The second kappa shape index (κ2) is 7.43. The van der Waals surface area contributed by atoms with E-state index in [2.05, 4.69) is 12.1 Å². The van der Waals surface area contributed by atoms with Crippen LogP contribution in [0.2, 0.25) is 0 Å². The largest absolute Gasteiger partial charge is 0.496 e. The summed E-state index contributed by atoms with van der Waals surface area (Å²) >= 11 is 0. The van der Waals surface area contributed by atoms with E-state index in [9.17, 15) is 9.59 Å². The van der Waals surface area contributed by atoms with Crippen LogP contribution in [0.4, 0.5) is 0 Å². The molecule has 27 heavy (non-hydrogen) atoms. The van der Waals surface area contributed by atoms with Gasteiger partial charge >= 0.3 is 0 Å². The van der Waals surface area contributed by atoms with Crippen molar-refractivity contribution in [2.75, 3.05) is 33.3 Å². The van der Waals surface area contributed by atoms with Gasteiger partial charge in [-0.25, -0.2) is 0 Å². The number of hydrogen-bond acceptors (Lipinski definition) is 3. The molecule has 140 valence electrons. The molecule has 5 nitrogen and oxygen atoms in total. The zero-order valence-electron chi connectivity index (χ0n) is 15.6. The van der Waals surface area contributed by atoms with Gasteiger partial charge in [0.15, 0.2) is 0 Å². The van der Waals surface area contributed by atoms with Gasteiger partial charge in [-0.15, -0.1) is 0 Å². The van der Waals surface area contributed by atoms with E-state index in [1.54, 1.807) is 19.2 Å². The first-order valence-electron chi connectivity index (χ1n) is 9.48. The van der Waals surface area contributed by atoms with Crippen LogP contribution < -0.4 is 4.74 Å². The first kappa shape index (κ1) is 17.6. The number of nitrogens with zero attached hydrogens (tertiary/aromatic N) is 2. The Morgan fingerprint density at radius 2 is 1.59 bits per heavy atom. The predicted molar refractivity (Wildman–Crippen MR) is 103 cm³/mol. The molecule has 0 aromatic heterocycles. The fraction of sp³-hybridized carbons (Fsp3) is 0.364. The van der Waals surface area contributed by atoms with E-state index in [1.807, 2.05) is 34.1 Å². The number of fused-ring (bicyclic) bond motifs is 1. The molecule has 0 saturated carbocycles. The maximum Gasteiger partial charge on any atom is 0.257 e. The molecule has 0 unspecified atom stereocenters. The lowest BCUT2D eigenvalue weighted by molar-refractivity contribution is -0.134. The first-order valence-corrected chi connectivity index (χ1v) is 9.48. The molecule has 4 rings (SSSR count). The fourth-order valence-electron chi connectivity index (χ4n) is 4.16. The first-order chi connectivity index (χ1) is 13.2. The molecule has 0 spiro atoms. The van der Waals surface area contributed by atoms with Crippen molar-refractivity contribution < 1.29 is 14.3 Å². The van der Waals surface area contributed by atoms with Crippen molar-refractivity contribution in [3.63, 3.8) is 0 Å². The van der Waals surface area contributed by atoms with Crippen LogP contribution in [0.5, 0.6) is 5.75 Å². The highest BCUT2D eigenvalue weighted by Crippen LogP contribution is 2.34. The summed E-state index contributed by atoms with van der Waals surface area (Å²) < 4.78 is 5.31. The summed E-state index contributed by atoms with van der Waals surface area (Å²) in [5.74, 6) is 0.719. The Balaban J connectivity index is 1.41. The van der Waals surface area contributed by atoms with Crippen molar-refractivity contribution >= 4 is 11.8 Å². The molecular weight excluding hydrogens is 340 g/mol. The molecule has 2 amide bonds. The van der Waals surface area contributed by atoms with Crippen molar-refractivity contribution in [3.05, 3.63) is 65.2 Å². The molecule has 2 aliphatic rings. The number of methoxy groups -OCH3 is 1. The average molecular weight is 364 g/mol. The van der Waals surface area contributed by atoms with Crippen molar-refractivity contribution in [1.29, 1.82) is 0 Å². The Labute approximate surface area is 159 Å². The lowest BCUT2D eigenvalue weighted by Crippen LogP contribution is -2.51. The lowest BCUT2D eigenvalue weighted by atomic mass is 9.99. The molecule has 1 aliphatic carbocycles. The van der Waals surface area contributed by atoms with Crippen LogP contribution in [0.1, 0.15) is 33.8 Å². The van der Waals surface area contributed by atoms with E-state index >= 15 is 0 Å². The molecule has 1 fully saturated rings. The van der Waals surface area contributed by atoms with Gasteiger partial charge in [0.05, 0.1) is 18.6 Å². The van der Waals surface area contributed by atoms with Crippen LogP contribution >= 0.6 is 0 Å². The predicted octanol–water partition coefficient (Wildman–Crippen LogP) is 2.71. The van der Waals surface area contributed by atoms with Crippen LogP contribution in [-0.4, -0.2) is 54.9 Å². The summed E-state index contributed by atoms with van der Waals surface area (Å²) in [6.45, 7) is 2.27. The van der Waals surface area contributed by atoms with E-state index in [0.29, 0.717) is 37.5 Å². The highest BCUT2D eigenvalue weighted by atomic mass is 16.5. The van der Waals surface area contributed by atoms with Gasteiger partial charge in [0.25, 0.3) is 5.91 Å². The number of hydrogen-bond donors (Lipinski definition) is 0. The van der Waals surface area contributed by atoms with Crippen LogP contribution in [0, 0.1) is 0 Å². The molecule has 2 aromatic rings. The molecule has 2 aromatic carbocycles. The van der Waals surface area contributed by atoms with Crippen LogP contribution in [0.25, 0.3) is 0 Å². The summed E-state index contributed by atoms with van der Waals surface area (Å²) in [5.41, 5.74) is 3.04.